The van der Waals surface area contributed by atoms with E-state index in [1.54, 1.807) is 0 Å². The van der Waals surface area contributed by atoms with Crippen molar-refractivity contribution in [3.63, 3.8) is 0 Å². The van der Waals surface area contributed by atoms with Gasteiger partial charge in [0.2, 0.25) is 0 Å². The fourth-order valence-electron chi connectivity index (χ4n) is 2.91. The van der Waals surface area contributed by atoms with Gasteiger partial charge in [0, 0.05) is 22.3 Å². The molecule has 0 saturated carbocycles. The molecule has 0 radical (unpaired) electrons. The van der Waals surface area contributed by atoms with Crippen LogP contribution in [0.25, 0.3) is 0 Å². The molecule has 1 fully saturated rings. The van der Waals surface area contributed by atoms with Gasteiger partial charge in [0.25, 0.3) is 0 Å². The maximum Gasteiger partial charge on any atom is 0.0413 e. The van der Waals surface area contributed by atoms with Gasteiger partial charge in [-0.25, -0.2) is 0 Å². The van der Waals surface area contributed by atoms with E-state index in [1.807, 2.05) is 11.3 Å². The van der Waals surface area contributed by atoms with Crippen LogP contribution in [0.5, 0.6) is 0 Å². The first-order chi connectivity index (χ1) is 8.74. The van der Waals surface area contributed by atoms with Crippen LogP contribution in [0.15, 0.2) is 12.1 Å². The molecule has 1 aliphatic rings. The van der Waals surface area contributed by atoms with E-state index in [1.165, 1.54) is 42.1 Å². The first-order valence-corrected chi connectivity index (χ1v) is 8.09. The predicted molar refractivity (Wildman–Crippen MR) is 80.1 cm³/mol. The summed E-state index contributed by atoms with van der Waals surface area (Å²) in [7, 11) is 0. The van der Waals surface area contributed by atoms with Crippen LogP contribution in [0, 0.1) is 5.92 Å². The quantitative estimate of drug-likeness (QED) is 0.884. The van der Waals surface area contributed by atoms with E-state index in [0.29, 0.717) is 6.04 Å². The summed E-state index contributed by atoms with van der Waals surface area (Å²) in [6.45, 7) is 7.92. The van der Waals surface area contributed by atoms with E-state index in [9.17, 15) is 0 Å². The van der Waals surface area contributed by atoms with Crippen molar-refractivity contribution < 1.29 is 0 Å². The monoisotopic (exact) mass is 266 g/mol. The van der Waals surface area contributed by atoms with Crippen molar-refractivity contribution in [1.82, 2.24) is 4.90 Å². The Morgan fingerprint density at radius 3 is 3.00 bits per heavy atom. The largest absolute Gasteiger partial charge is 0.330 e. The number of hydrogen-bond acceptors (Lipinski definition) is 3. The van der Waals surface area contributed by atoms with E-state index in [4.69, 9.17) is 5.73 Å². The Labute approximate surface area is 115 Å². The normalized spacial score (nSPS) is 23.2. The van der Waals surface area contributed by atoms with E-state index in [2.05, 4.69) is 30.9 Å². The molecule has 1 saturated heterocycles. The topological polar surface area (TPSA) is 29.3 Å². The third-order valence-corrected chi connectivity index (χ3v) is 5.52. The van der Waals surface area contributed by atoms with Gasteiger partial charge in [-0.2, -0.15) is 0 Å². The van der Waals surface area contributed by atoms with Crippen molar-refractivity contribution in [2.45, 2.75) is 45.6 Å². The highest BCUT2D eigenvalue weighted by Gasteiger charge is 2.24. The van der Waals surface area contributed by atoms with Gasteiger partial charge >= 0.3 is 0 Å². The standard InChI is InChI=1S/C15H26N2S/c1-3-14-6-7-15(18-14)12(2)17-10-4-5-13(11-17)8-9-16/h6-7,12-13H,3-5,8-11,16H2,1-2H3. The van der Waals surface area contributed by atoms with Gasteiger partial charge in [0.05, 0.1) is 0 Å². The molecule has 2 atom stereocenters. The summed E-state index contributed by atoms with van der Waals surface area (Å²) < 4.78 is 0. The Bertz CT molecular complexity index is 359. The second kappa shape index (κ2) is 6.69. The summed E-state index contributed by atoms with van der Waals surface area (Å²) in [4.78, 5) is 5.68. The number of nitrogens with zero attached hydrogens (tertiary/aromatic N) is 1. The van der Waals surface area contributed by atoms with Crippen LogP contribution in [0.2, 0.25) is 0 Å². The van der Waals surface area contributed by atoms with Gasteiger partial charge < -0.3 is 5.73 Å². The number of thiophene rings is 1. The number of aryl methyl sites for hydroxylation is 1. The zero-order valence-electron chi connectivity index (χ0n) is 11.7. The zero-order chi connectivity index (χ0) is 13.0. The zero-order valence-corrected chi connectivity index (χ0v) is 12.5. The van der Waals surface area contributed by atoms with Crippen LogP contribution in [0.4, 0.5) is 0 Å². The van der Waals surface area contributed by atoms with E-state index < -0.39 is 0 Å². The van der Waals surface area contributed by atoms with Crippen molar-refractivity contribution in [3.8, 4) is 0 Å². The summed E-state index contributed by atoms with van der Waals surface area (Å²) in [6, 6.07) is 5.19. The first kappa shape index (κ1) is 14.0. The molecule has 1 aromatic rings. The lowest BCUT2D eigenvalue weighted by Gasteiger charge is -2.36. The Balaban J connectivity index is 1.97. The fourth-order valence-corrected chi connectivity index (χ4v) is 3.95. The van der Waals surface area contributed by atoms with Crippen LogP contribution in [0.3, 0.4) is 0 Å². The molecule has 2 unspecified atom stereocenters. The predicted octanol–water partition coefficient (Wildman–Crippen LogP) is 3.43. The molecule has 0 spiro atoms. The van der Waals surface area contributed by atoms with Crippen molar-refractivity contribution in [2.24, 2.45) is 11.7 Å². The molecule has 2 heterocycles. The molecular weight excluding hydrogens is 240 g/mol. The second-order valence-electron chi connectivity index (χ2n) is 5.41. The highest BCUT2D eigenvalue weighted by Crippen LogP contribution is 2.31. The average molecular weight is 266 g/mol. The molecule has 18 heavy (non-hydrogen) atoms. The molecule has 0 amide bonds. The van der Waals surface area contributed by atoms with Crippen molar-refractivity contribution in [2.75, 3.05) is 19.6 Å². The van der Waals surface area contributed by atoms with Gasteiger partial charge in [-0.15, -0.1) is 11.3 Å². The lowest BCUT2D eigenvalue weighted by molar-refractivity contribution is 0.130. The molecule has 1 aromatic heterocycles. The first-order valence-electron chi connectivity index (χ1n) is 7.27. The van der Waals surface area contributed by atoms with Gasteiger partial charge in [-0.1, -0.05) is 6.92 Å². The van der Waals surface area contributed by atoms with Crippen molar-refractivity contribution >= 4 is 11.3 Å². The number of piperidine rings is 1. The van der Waals surface area contributed by atoms with Crippen LogP contribution in [0.1, 0.15) is 48.9 Å². The molecule has 0 aromatic carbocycles. The number of nitrogens with two attached hydrogens (primary N) is 1. The molecule has 1 aliphatic heterocycles. The Kier molecular flexibility index (Phi) is 5.22. The maximum atomic E-state index is 5.70. The minimum atomic E-state index is 0.580. The summed E-state index contributed by atoms with van der Waals surface area (Å²) in [5.41, 5.74) is 5.70. The van der Waals surface area contributed by atoms with E-state index in [-0.39, 0.29) is 0 Å². The van der Waals surface area contributed by atoms with Crippen LogP contribution in [-0.4, -0.2) is 24.5 Å². The second-order valence-corrected chi connectivity index (χ2v) is 6.61. The lowest BCUT2D eigenvalue weighted by atomic mass is 9.94. The van der Waals surface area contributed by atoms with Crippen LogP contribution >= 0.6 is 11.3 Å². The number of hydrogen-bond donors (Lipinski definition) is 1. The molecule has 2 N–H and O–H groups in total. The molecular formula is C15H26N2S. The third kappa shape index (κ3) is 3.34. The van der Waals surface area contributed by atoms with Crippen LogP contribution in [-0.2, 0) is 6.42 Å². The molecule has 2 nitrogen and oxygen atoms in total. The minimum absolute atomic E-state index is 0.580. The molecule has 2 rings (SSSR count). The lowest BCUT2D eigenvalue weighted by Crippen LogP contribution is -2.37. The van der Waals surface area contributed by atoms with Gasteiger partial charge in [-0.3, -0.25) is 4.90 Å². The molecule has 0 bridgehead atoms. The smallest absolute Gasteiger partial charge is 0.0413 e. The summed E-state index contributed by atoms with van der Waals surface area (Å²) in [5, 5.41) is 0. The minimum Gasteiger partial charge on any atom is -0.330 e. The van der Waals surface area contributed by atoms with E-state index in [0.717, 1.165) is 18.9 Å². The Morgan fingerprint density at radius 2 is 2.33 bits per heavy atom. The maximum absolute atomic E-state index is 5.70. The highest BCUT2D eigenvalue weighted by molar-refractivity contribution is 7.12. The Hall–Kier alpha value is -0.380. The van der Waals surface area contributed by atoms with Crippen molar-refractivity contribution in [1.29, 1.82) is 0 Å². The average Bonchev–Trinajstić information content (AvgIpc) is 2.87. The van der Waals surface area contributed by atoms with Gasteiger partial charge in [-0.05, 0) is 63.7 Å². The summed E-state index contributed by atoms with van der Waals surface area (Å²) in [5.74, 6) is 0.816. The van der Waals surface area contributed by atoms with Crippen molar-refractivity contribution in [3.05, 3.63) is 21.9 Å². The summed E-state index contributed by atoms with van der Waals surface area (Å²) in [6.07, 6.45) is 5.05. The van der Waals surface area contributed by atoms with E-state index >= 15 is 0 Å². The Morgan fingerprint density at radius 1 is 1.50 bits per heavy atom. The molecule has 3 heteroatoms. The number of likely N-dealkylation sites (tertiary alicyclic amines) is 1. The highest BCUT2D eigenvalue weighted by atomic mass is 32.1. The third-order valence-electron chi connectivity index (χ3n) is 4.12. The SMILES string of the molecule is CCc1ccc(C(C)N2CCCC(CCN)C2)s1. The number of rotatable bonds is 5. The van der Waals surface area contributed by atoms with Gasteiger partial charge in [0.1, 0.15) is 0 Å². The molecule has 0 aliphatic carbocycles. The fraction of sp³-hybridized carbons (Fsp3) is 0.733. The summed E-state index contributed by atoms with van der Waals surface area (Å²) >= 11 is 1.98. The molecule has 102 valence electrons. The van der Waals surface area contributed by atoms with Crippen LogP contribution < -0.4 is 5.73 Å². The van der Waals surface area contributed by atoms with Gasteiger partial charge in [0.15, 0.2) is 0 Å².